The highest BCUT2D eigenvalue weighted by atomic mass is 32.2. The summed E-state index contributed by atoms with van der Waals surface area (Å²) < 4.78 is 28.6. The smallest absolute Gasteiger partial charge is 0.147 e. The molecule has 1 N–H and O–H groups in total. The highest BCUT2D eigenvalue weighted by molar-refractivity contribution is 7.90. The molecule has 5 heteroatoms. The van der Waals surface area contributed by atoms with Crippen molar-refractivity contribution in [1.82, 2.24) is 5.32 Å². The van der Waals surface area contributed by atoms with Gasteiger partial charge in [-0.15, -0.1) is 0 Å². The quantitative estimate of drug-likeness (QED) is 0.708. The van der Waals surface area contributed by atoms with Crippen molar-refractivity contribution >= 4 is 9.84 Å². The minimum atomic E-state index is -2.93. The van der Waals surface area contributed by atoms with Gasteiger partial charge < -0.3 is 10.1 Å². The monoisotopic (exact) mass is 293 g/mol. The summed E-state index contributed by atoms with van der Waals surface area (Å²) >= 11 is 0. The Balaban J connectivity index is 4.85. The zero-order valence-electron chi connectivity index (χ0n) is 13.3. The van der Waals surface area contributed by atoms with Crippen molar-refractivity contribution in [3.8, 4) is 0 Å². The third-order valence-corrected chi connectivity index (χ3v) is 4.00. The Morgan fingerprint density at radius 3 is 2.16 bits per heavy atom. The molecule has 0 aromatic carbocycles. The summed E-state index contributed by atoms with van der Waals surface area (Å²) in [5.41, 5.74) is -0.0150. The summed E-state index contributed by atoms with van der Waals surface area (Å²) in [7, 11) is -2.93. The predicted octanol–water partition coefficient (Wildman–Crippen LogP) is 2.24. The molecule has 0 aliphatic rings. The number of hydrogen-bond donors (Lipinski definition) is 1. The Hall–Kier alpha value is -0.130. The van der Waals surface area contributed by atoms with Gasteiger partial charge in [-0.2, -0.15) is 0 Å². The normalized spacial score (nSPS) is 16.3. The van der Waals surface area contributed by atoms with E-state index in [-0.39, 0.29) is 23.3 Å². The molecule has 0 aliphatic carbocycles. The number of sulfone groups is 1. The van der Waals surface area contributed by atoms with Crippen LogP contribution in [0.15, 0.2) is 0 Å². The molecule has 0 radical (unpaired) electrons. The Bertz CT molecular complexity index is 333. The molecule has 0 fully saturated rings. The van der Waals surface area contributed by atoms with Crippen LogP contribution in [-0.2, 0) is 14.6 Å². The number of rotatable bonds is 9. The summed E-state index contributed by atoms with van der Waals surface area (Å²) in [5.74, 6) is 0.202. The van der Waals surface area contributed by atoms with Crippen molar-refractivity contribution in [3.63, 3.8) is 0 Å². The van der Waals surface area contributed by atoms with E-state index in [4.69, 9.17) is 4.74 Å². The number of hydrogen-bond acceptors (Lipinski definition) is 4. The van der Waals surface area contributed by atoms with Gasteiger partial charge in [0.25, 0.3) is 0 Å². The number of ether oxygens (including phenoxy) is 1. The minimum absolute atomic E-state index is 0.0150. The van der Waals surface area contributed by atoms with Crippen LogP contribution < -0.4 is 5.32 Å². The van der Waals surface area contributed by atoms with Gasteiger partial charge in [-0.3, -0.25) is 0 Å². The molecule has 0 saturated carbocycles. The zero-order valence-corrected chi connectivity index (χ0v) is 14.1. The lowest BCUT2D eigenvalue weighted by Gasteiger charge is -2.37. The number of nitrogens with one attached hydrogen (secondary N) is 1. The molecule has 0 rings (SSSR count). The average molecular weight is 293 g/mol. The Labute approximate surface area is 119 Å². The largest absolute Gasteiger partial charge is 0.376 e. The fourth-order valence-corrected chi connectivity index (χ4v) is 2.86. The molecule has 19 heavy (non-hydrogen) atoms. The van der Waals surface area contributed by atoms with Gasteiger partial charge in [0.2, 0.25) is 0 Å². The van der Waals surface area contributed by atoms with E-state index in [1.165, 1.54) is 6.26 Å². The van der Waals surface area contributed by atoms with Crippen LogP contribution in [-0.4, -0.2) is 45.7 Å². The molecule has 0 bridgehead atoms. The molecule has 0 aromatic rings. The van der Waals surface area contributed by atoms with Gasteiger partial charge in [0, 0.05) is 18.9 Å². The SMILES string of the molecule is CCCNC(CCS(C)(=O)=O)C(OCC)C(C)(C)C. The maximum atomic E-state index is 11.4. The molecule has 0 amide bonds. The molecule has 2 atom stereocenters. The molecule has 4 nitrogen and oxygen atoms in total. The lowest BCUT2D eigenvalue weighted by atomic mass is 9.83. The lowest BCUT2D eigenvalue weighted by molar-refractivity contribution is -0.0361. The predicted molar refractivity (Wildman–Crippen MR) is 81.3 cm³/mol. The van der Waals surface area contributed by atoms with E-state index in [0.717, 1.165) is 13.0 Å². The molecule has 2 unspecified atom stereocenters. The van der Waals surface area contributed by atoms with Crippen LogP contribution in [0, 0.1) is 5.41 Å². The third-order valence-electron chi connectivity index (χ3n) is 3.02. The van der Waals surface area contributed by atoms with Gasteiger partial charge in [-0.05, 0) is 31.7 Å². The second-order valence-electron chi connectivity index (χ2n) is 6.22. The molecule has 0 saturated heterocycles. The van der Waals surface area contributed by atoms with E-state index in [1.54, 1.807) is 0 Å². The van der Waals surface area contributed by atoms with Crippen molar-refractivity contribution in [2.75, 3.05) is 25.2 Å². The topological polar surface area (TPSA) is 55.4 Å². The van der Waals surface area contributed by atoms with Gasteiger partial charge in [0.15, 0.2) is 0 Å². The Morgan fingerprint density at radius 2 is 1.79 bits per heavy atom. The first-order chi connectivity index (χ1) is 8.61. The Morgan fingerprint density at radius 1 is 1.21 bits per heavy atom. The van der Waals surface area contributed by atoms with Gasteiger partial charge in [-0.1, -0.05) is 27.7 Å². The molecule has 0 aliphatic heterocycles. The van der Waals surface area contributed by atoms with Crippen LogP contribution in [0.25, 0.3) is 0 Å². The highest BCUT2D eigenvalue weighted by Gasteiger charge is 2.32. The standard InChI is InChI=1S/C14H31NO3S/c1-7-10-15-12(9-11-19(6,16)17)13(18-8-2)14(3,4)5/h12-13,15H,7-11H2,1-6H3. The molecule has 116 valence electrons. The first kappa shape index (κ1) is 18.9. The van der Waals surface area contributed by atoms with Crippen LogP contribution in [0.3, 0.4) is 0 Å². The maximum Gasteiger partial charge on any atom is 0.147 e. The molecule has 0 spiro atoms. The molecule has 0 aromatic heterocycles. The van der Waals surface area contributed by atoms with Crippen molar-refractivity contribution in [3.05, 3.63) is 0 Å². The zero-order chi connectivity index (χ0) is 15.1. The fraction of sp³-hybridized carbons (Fsp3) is 1.00. The van der Waals surface area contributed by atoms with Crippen LogP contribution in [0.1, 0.15) is 47.5 Å². The first-order valence-electron chi connectivity index (χ1n) is 7.14. The maximum absolute atomic E-state index is 11.4. The molecular formula is C14H31NO3S. The van der Waals surface area contributed by atoms with E-state index in [9.17, 15) is 8.42 Å². The third kappa shape index (κ3) is 8.60. The van der Waals surface area contributed by atoms with E-state index >= 15 is 0 Å². The fourth-order valence-electron chi connectivity index (χ4n) is 2.18. The molecule has 0 heterocycles. The average Bonchev–Trinajstić information content (AvgIpc) is 2.24. The van der Waals surface area contributed by atoms with E-state index < -0.39 is 9.84 Å². The highest BCUT2D eigenvalue weighted by Crippen LogP contribution is 2.26. The second-order valence-corrected chi connectivity index (χ2v) is 8.48. The minimum Gasteiger partial charge on any atom is -0.376 e. The summed E-state index contributed by atoms with van der Waals surface area (Å²) in [4.78, 5) is 0. The summed E-state index contributed by atoms with van der Waals surface area (Å²) in [6.45, 7) is 12.0. The van der Waals surface area contributed by atoms with Crippen LogP contribution in [0.2, 0.25) is 0 Å². The van der Waals surface area contributed by atoms with E-state index in [0.29, 0.717) is 13.0 Å². The molecular weight excluding hydrogens is 262 g/mol. The summed E-state index contributed by atoms with van der Waals surface area (Å²) in [5, 5.41) is 3.44. The van der Waals surface area contributed by atoms with Gasteiger partial charge in [0.1, 0.15) is 9.84 Å². The first-order valence-corrected chi connectivity index (χ1v) is 9.20. The summed E-state index contributed by atoms with van der Waals surface area (Å²) in [6.07, 6.45) is 2.93. The van der Waals surface area contributed by atoms with Gasteiger partial charge in [-0.25, -0.2) is 8.42 Å². The lowest BCUT2D eigenvalue weighted by Crippen LogP contribution is -2.49. The van der Waals surface area contributed by atoms with Gasteiger partial charge >= 0.3 is 0 Å². The van der Waals surface area contributed by atoms with Crippen molar-refractivity contribution in [2.45, 2.75) is 59.6 Å². The Kier molecular flexibility index (Phi) is 8.17. The van der Waals surface area contributed by atoms with Crippen molar-refractivity contribution < 1.29 is 13.2 Å². The summed E-state index contributed by atoms with van der Waals surface area (Å²) in [6, 6.07) is 0.0784. The van der Waals surface area contributed by atoms with E-state index in [2.05, 4.69) is 33.0 Å². The van der Waals surface area contributed by atoms with Crippen LogP contribution >= 0.6 is 0 Å². The van der Waals surface area contributed by atoms with Crippen LogP contribution in [0.5, 0.6) is 0 Å². The van der Waals surface area contributed by atoms with Crippen LogP contribution in [0.4, 0.5) is 0 Å². The van der Waals surface area contributed by atoms with Crippen molar-refractivity contribution in [1.29, 1.82) is 0 Å². The van der Waals surface area contributed by atoms with E-state index in [1.807, 2.05) is 6.92 Å². The van der Waals surface area contributed by atoms with Crippen molar-refractivity contribution in [2.24, 2.45) is 5.41 Å². The second kappa shape index (κ2) is 8.22. The van der Waals surface area contributed by atoms with Gasteiger partial charge in [0.05, 0.1) is 11.9 Å².